The summed E-state index contributed by atoms with van der Waals surface area (Å²) in [6.45, 7) is 3.84. The van der Waals surface area contributed by atoms with Crippen molar-refractivity contribution in [1.82, 2.24) is 0 Å². The molecule has 4 rings (SSSR count). The summed E-state index contributed by atoms with van der Waals surface area (Å²) in [6, 6.07) is 14.1. The molecule has 3 aromatic rings. The topological polar surface area (TPSA) is 89.2 Å². The van der Waals surface area contributed by atoms with Gasteiger partial charge < -0.3 is 19.0 Å². The average molecular weight is 512 g/mol. The molecule has 1 saturated heterocycles. The van der Waals surface area contributed by atoms with Crippen LogP contribution < -0.4 is 14.4 Å². The van der Waals surface area contributed by atoms with Crippen LogP contribution in [0.4, 0.5) is 5.69 Å². The lowest BCUT2D eigenvalue weighted by atomic mass is 9.99. The number of aliphatic hydroxyl groups excluding tert-OH is 1. The Morgan fingerprint density at radius 1 is 1.12 bits per heavy atom. The van der Waals surface area contributed by atoms with Gasteiger partial charge in [-0.25, -0.2) is 0 Å². The number of carbonyl (C=O) groups is 2. The highest BCUT2D eigenvalue weighted by Gasteiger charge is 2.48. The van der Waals surface area contributed by atoms with Crippen LogP contribution in [-0.2, 0) is 9.59 Å². The van der Waals surface area contributed by atoms with Gasteiger partial charge >= 0.3 is 0 Å². The quantitative estimate of drug-likeness (QED) is 0.268. The molecule has 7 nitrogen and oxygen atoms in total. The van der Waals surface area contributed by atoms with E-state index in [2.05, 4.69) is 15.9 Å². The van der Waals surface area contributed by atoms with Gasteiger partial charge in [-0.2, -0.15) is 0 Å². The summed E-state index contributed by atoms with van der Waals surface area (Å²) >= 11 is 3.39. The minimum atomic E-state index is -0.933. The number of methoxy groups -OCH3 is 1. The number of benzene rings is 2. The summed E-state index contributed by atoms with van der Waals surface area (Å²) in [5.41, 5.74) is 0.775. The van der Waals surface area contributed by atoms with E-state index in [4.69, 9.17) is 13.9 Å². The van der Waals surface area contributed by atoms with Gasteiger partial charge in [0.05, 0.1) is 29.5 Å². The predicted octanol–water partition coefficient (Wildman–Crippen LogP) is 5.46. The van der Waals surface area contributed by atoms with Crippen molar-refractivity contribution < 1.29 is 28.6 Å². The molecule has 1 N–H and O–H groups in total. The SMILES string of the molecule is COc1ccc(/C(O)=C2/C(=O)C(=O)N(c3ccc(OC(C)C)cc3)C2c2ccco2)cc1Br. The van der Waals surface area contributed by atoms with Crippen LogP contribution in [0, 0.1) is 0 Å². The van der Waals surface area contributed by atoms with E-state index in [-0.39, 0.29) is 17.4 Å². The molecule has 0 spiro atoms. The first-order chi connectivity index (χ1) is 15.8. The minimum Gasteiger partial charge on any atom is -0.507 e. The third-order valence-corrected chi connectivity index (χ3v) is 5.79. The highest BCUT2D eigenvalue weighted by atomic mass is 79.9. The lowest BCUT2D eigenvalue weighted by Gasteiger charge is -2.23. The van der Waals surface area contributed by atoms with Gasteiger partial charge in [0.25, 0.3) is 11.7 Å². The van der Waals surface area contributed by atoms with E-state index < -0.39 is 17.7 Å². The number of Topliss-reactive ketones (excluding diaryl/α,β-unsaturated/α-hetero) is 1. The first-order valence-electron chi connectivity index (χ1n) is 10.3. The van der Waals surface area contributed by atoms with E-state index in [1.54, 1.807) is 54.6 Å². The molecule has 170 valence electrons. The van der Waals surface area contributed by atoms with Crippen LogP contribution >= 0.6 is 15.9 Å². The smallest absolute Gasteiger partial charge is 0.300 e. The number of carbonyl (C=O) groups excluding carboxylic acids is 2. The molecule has 1 aromatic heterocycles. The zero-order chi connectivity index (χ0) is 23.7. The van der Waals surface area contributed by atoms with Crippen molar-refractivity contribution in [2.24, 2.45) is 0 Å². The van der Waals surface area contributed by atoms with Crippen molar-refractivity contribution in [3.63, 3.8) is 0 Å². The molecule has 33 heavy (non-hydrogen) atoms. The molecule has 0 aliphatic carbocycles. The summed E-state index contributed by atoms with van der Waals surface area (Å²) in [7, 11) is 1.53. The molecule has 1 atom stereocenters. The first-order valence-corrected chi connectivity index (χ1v) is 11.1. The molecule has 0 saturated carbocycles. The Bertz CT molecular complexity index is 1210. The number of ketones is 1. The molecule has 8 heteroatoms. The molecule has 1 aliphatic rings. The molecule has 1 amide bonds. The molecule has 1 unspecified atom stereocenters. The van der Waals surface area contributed by atoms with Gasteiger partial charge in [0.1, 0.15) is 29.1 Å². The predicted molar refractivity (Wildman–Crippen MR) is 126 cm³/mol. The molecule has 2 heterocycles. The maximum atomic E-state index is 13.1. The molecular formula is C25H22BrNO6. The number of furan rings is 1. The fourth-order valence-corrected chi connectivity index (χ4v) is 4.28. The highest BCUT2D eigenvalue weighted by Crippen LogP contribution is 2.43. The van der Waals surface area contributed by atoms with Gasteiger partial charge in [0.15, 0.2) is 0 Å². The van der Waals surface area contributed by atoms with Crippen LogP contribution in [0.25, 0.3) is 5.76 Å². The summed E-state index contributed by atoms with van der Waals surface area (Å²) in [6.07, 6.45) is 1.45. The van der Waals surface area contributed by atoms with E-state index in [0.717, 1.165) is 0 Å². The van der Waals surface area contributed by atoms with E-state index in [1.807, 2.05) is 13.8 Å². The second kappa shape index (κ2) is 9.15. The molecule has 2 aromatic carbocycles. The van der Waals surface area contributed by atoms with Gasteiger partial charge in [0, 0.05) is 11.3 Å². The fraction of sp³-hybridized carbons (Fsp3) is 0.200. The summed E-state index contributed by atoms with van der Waals surface area (Å²) < 4.78 is 17.1. The van der Waals surface area contributed by atoms with Gasteiger partial charge in [-0.3, -0.25) is 14.5 Å². The number of halogens is 1. The van der Waals surface area contributed by atoms with E-state index in [0.29, 0.717) is 33.0 Å². The number of rotatable bonds is 6. The Morgan fingerprint density at radius 2 is 1.85 bits per heavy atom. The van der Waals surface area contributed by atoms with Gasteiger partial charge in [-0.15, -0.1) is 0 Å². The third kappa shape index (κ3) is 4.26. The number of aliphatic hydroxyl groups is 1. The Labute approximate surface area is 199 Å². The minimum absolute atomic E-state index is 0.00276. The number of hydrogen-bond donors (Lipinski definition) is 1. The van der Waals surface area contributed by atoms with Crippen LogP contribution in [-0.4, -0.2) is 30.0 Å². The monoisotopic (exact) mass is 511 g/mol. The van der Waals surface area contributed by atoms with E-state index in [1.165, 1.54) is 18.3 Å². The molecule has 0 radical (unpaired) electrons. The van der Waals surface area contributed by atoms with Crippen LogP contribution in [0.3, 0.4) is 0 Å². The standard InChI is InChI=1S/C25H22BrNO6/c1-14(2)33-17-9-7-16(8-10-17)27-22(20-5-4-12-32-20)21(24(29)25(27)30)23(28)15-6-11-19(31-3)18(26)13-15/h4-14,22,28H,1-3H3/b23-21-. The van der Waals surface area contributed by atoms with Crippen molar-refractivity contribution in [2.45, 2.75) is 26.0 Å². The van der Waals surface area contributed by atoms with Crippen LogP contribution in [0.1, 0.15) is 31.2 Å². The maximum absolute atomic E-state index is 13.1. The second-order valence-electron chi connectivity index (χ2n) is 7.69. The van der Waals surface area contributed by atoms with Crippen molar-refractivity contribution in [3.8, 4) is 11.5 Å². The number of ether oxygens (including phenoxy) is 2. The lowest BCUT2D eigenvalue weighted by molar-refractivity contribution is -0.132. The van der Waals surface area contributed by atoms with Crippen molar-refractivity contribution >= 4 is 39.1 Å². The largest absolute Gasteiger partial charge is 0.507 e. The Balaban J connectivity index is 1.83. The molecule has 1 fully saturated rings. The second-order valence-corrected chi connectivity index (χ2v) is 8.55. The third-order valence-electron chi connectivity index (χ3n) is 5.17. The van der Waals surface area contributed by atoms with Crippen LogP contribution in [0.5, 0.6) is 11.5 Å². The highest BCUT2D eigenvalue weighted by molar-refractivity contribution is 9.10. The zero-order valence-corrected chi connectivity index (χ0v) is 19.8. The lowest BCUT2D eigenvalue weighted by Crippen LogP contribution is -2.29. The fourth-order valence-electron chi connectivity index (χ4n) is 3.74. The maximum Gasteiger partial charge on any atom is 0.300 e. The normalized spacial score (nSPS) is 17.6. The summed E-state index contributed by atoms with van der Waals surface area (Å²) in [4.78, 5) is 27.6. The van der Waals surface area contributed by atoms with Crippen molar-refractivity contribution in [1.29, 1.82) is 0 Å². The van der Waals surface area contributed by atoms with Gasteiger partial charge in [0.2, 0.25) is 0 Å². The Kier molecular flexibility index (Phi) is 6.29. The molecule has 0 bridgehead atoms. The number of amides is 1. The van der Waals surface area contributed by atoms with E-state index in [9.17, 15) is 14.7 Å². The number of nitrogens with zero attached hydrogens (tertiary/aromatic N) is 1. The average Bonchev–Trinajstić information content (AvgIpc) is 3.40. The molecular weight excluding hydrogens is 490 g/mol. The van der Waals surface area contributed by atoms with E-state index >= 15 is 0 Å². The van der Waals surface area contributed by atoms with Crippen LogP contribution in [0.2, 0.25) is 0 Å². The molecule has 1 aliphatic heterocycles. The number of hydrogen-bond acceptors (Lipinski definition) is 6. The van der Waals surface area contributed by atoms with Crippen molar-refractivity contribution in [3.05, 3.63) is 82.2 Å². The number of anilines is 1. The van der Waals surface area contributed by atoms with Crippen molar-refractivity contribution in [2.75, 3.05) is 12.0 Å². The Hall–Kier alpha value is -3.52. The zero-order valence-electron chi connectivity index (χ0n) is 18.2. The van der Waals surface area contributed by atoms with Gasteiger partial charge in [-0.1, -0.05) is 0 Å². The first kappa shape index (κ1) is 22.7. The summed E-state index contributed by atoms with van der Waals surface area (Å²) in [5.74, 6) is -0.307. The van der Waals surface area contributed by atoms with Gasteiger partial charge in [-0.05, 0) is 84.4 Å². The van der Waals surface area contributed by atoms with Crippen LogP contribution in [0.15, 0.2) is 75.3 Å². The summed E-state index contributed by atoms with van der Waals surface area (Å²) in [5, 5.41) is 11.1. The Morgan fingerprint density at radius 3 is 2.42 bits per heavy atom.